The van der Waals surface area contributed by atoms with Crippen molar-refractivity contribution in [2.75, 3.05) is 26.2 Å². The zero-order valence-electron chi connectivity index (χ0n) is 11.5. The number of aromatic nitrogens is 1. The second kappa shape index (κ2) is 7.87. The van der Waals surface area contributed by atoms with E-state index < -0.39 is 0 Å². The van der Waals surface area contributed by atoms with Crippen molar-refractivity contribution in [2.24, 2.45) is 0 Å². The maximum Gasteiger partial charge on any atom is 0.0940 e. The van der Waals surface area contributed by atoms with Gasteiger partial charge in [0.15, 0.2) is 0 Å². The Labute approximate surface area is 115 Å². The smallest absolute Gasteiger partial charge is 0.0940 e. The Morgan fingerprint density at radius 1 is 1.28 bits per heavy atom. The van der Waals surface area contributed by atoms with Crippen molar-refractivity contribution in [3.63, 3.8) is 0 Å². The minimum absolute atomic E-state index is 0.970. The van der Waals surface area contributed by atoms with Gasteiger partial charge in [-0.05, 0) is 32.5 Å². The predicted molar refractivity (Wildman–Crippen MR) is 78.1 cm³/mol. The van der Waals surface area contributed by atoms with E-state index in [1.807, 2.05) is 17.5 Å². The Morgan fingerprint density at radius 3 is 2.78 bits per heavy atom. The van der Waals surface area contributed by atoms with Gasteiger partial charge >= 0.3 is 0 Å². The molecule has 1 aliphatic heterocycles. The highest BCUT2D eigenvalue weighted by Crippen LogP contribution is 2.15. The molecule has 1 aromatic heterocycles. The Bertz CT molecular complexity index is 330. The molecule has 4 heteroatoms. The van der Waals surface area contributed by atoms with Crippen LogP contribution in [0.15, 0.2) is 6.20 Å². The lowest BCUT2D eigenvalue weighted by molar-refractivity contribution is 0.288. The summed E-state index contributed by atoms with van der Waals surface area (Å²) in [6, 6.07) is 0. The highest BCUT2D eigenvalue weighted by molar-refractivity contribution is 7.11. The summed E-state index contributed by atoms with van der Waals surface area (Å²) in [5.74, 6) is 0. The molecule has 2 rings (SSSR count). The molecular weight excluding hydrogens is 242 g/mol. The first kappa shape index (κ1) is 14.0. The maximum absolute atomic E-state index is 4.53. The average molecular weight is 267 g/mol. The molecule has 18 heavy (non-hydrogen) atoms. The van der Waals surface area contributed by atoms with E-state index in [9.17, 15) is 0 Å². The fourth-order valence-corrected chi connectivity index (χ4v) is 3.29. The minimum atomic E-state index is 0.970. The van der Waals surface area contributed by atoms with Gasteiger partial charge in [0.05, 0.1) is 5.01 Å². The predicted octanol–water partition coefficient (Wildman–Crippen LogP) is 2.67. The number of nitrogens with zero attached hydrogens (tertiary/aromatic N) is 2. The Hall–Kier alpha value is -0.450. The minimum Gasteiger partial charge on any atom is -0.312 e. The fraction of sp³-hybridized carbons (Fsp3) is 0.786. The van der Waals surface area contributed by atoms with Gasteiger partial charge in [-0.25, -0.2) is 4.98 Å². The third kappa shape index (κ3) is 4.67. The topological polar surface area (TPSA) is 28.2 Å². The van der Waals surface area contributed by atoms with Crippen LogP contribution in [0.4, 0.5) is 0 Å². The first-order valence-electron chi connectivity index (χ1n) is 7.25. The lowest BCUT2D eigenvalue weighted by atomic mass is 10.2. The van der Waals surface area contributed by atoms with Crippen LogP contribution in [0.5, 0.6) is 0 Å². The number of thiazole rings is 1. The van der Waals surface area contributed by atoms with Gasteiger partial charge in [0.25, 0.3) is 0 Å². The van der Waals surface area contributed by atoms with Crippen LogP contribution in [-0.4, -0.2) is 36.1 Å². The van der Waals surface area contributed by atoms with Gasteiger partial charge in [-0.1, -0.05) is 19.8 Å². The van der Waals surface area contributed by atoms with Crippen LogP contribution in [0.1, 0.15) is 42.5 Å². The van der Waals surface area contributed by atoms with E-state index in [0.717, 1.165) is 19.5 Å². The third-order valence-corrected chi connectivity index (χ3v) is 4.55. The molecular formula is C14H25N3S. The van der Waals surface area contributed by atoms with Crippen molar-refractivity contribution < 1.29 is 0 Å². The third-order valence-electron chi connectivity index (χ3n) is 3.49. The van der Waals surface area contributed by atoms with Crippen molar-refractivity contribution in [3.05, 3.63) is 16.1 Å². The van der Waals surface area contributed by atoms with Gasteiger partial charge in [0, 0.05) is 30.6 Å². The highest BCUT2D eigenvalue weighted by Gasteiger charge is 2.10. The van der Waals surface area contributed by atoms with Gasteiger partial charge in [0.2, 0.25) is 0 Å². The summed E-state index contributed by atoms with van der Waals surface area (Å²) in [5, 5.41) is 4.65. The Balaban J connectivity index is 1.73. The summed E-state index contributed by atoms with van der Waals surface area (Å²) in [7, 11) is 0. The molecule has 0 amide bonds. The quantitative estimate of drug-likeness (QED) is 0.859. The van der Waals surface area contributed by atoms with Crippen molar-refractivity contribution in [1.82, 2.24) is 15.2 Å². The number of hydrogen-bond acceptors (Lipinski definition) is 4. The molecule has 0 bridgehead atoms. The maximum atomic E-state index is 4.53. The zero-order chi connectivity index (χ0) is 12.6. The van der Waals surface area contributed by atoms with Crippen LogP contribution < -0.4 is 5.32 Å². The largest absolute Gasteiger partial charge is 0.312 e. The first-order chi connectivity index (χ1) is 8.88. The monoisotopic (exact) mass is 267 g/mol. The van der Waals surface area contributed by atoms with Crippen LogP contribution in [0.25, 0.3) is 0 Å². The molecule has 1 aromatic rings. The fourth-order valence-electron chi connectivity index (χ4n) is 2.41. The lowest BCUT2D eigenvalue weighted by Crippen LogP contribution is -2.26. The summed E-state index contributed by atoms with van der Waals surface area (Å²) in [6.45, 7) is 7.90. The van der Waals surface area contributed by atoms with E-state index in [-0.39, 0.29) is 0 Å². The number of hydrogen-bond donors (Lipinski definition) is 1. The SMILES string of the molecule is CCNCc1cnc(CCN2CCCCCC2)s1. The summed E-state index contributed by atoms with van der Waals surface area (Å²) in [6.07, 6.45) is 8.75. The molecule has 1 saturated heterocycles. The highest BCUT2D eigenvalue weighted by atomic mass is 32.1. The molecule has 1 aliphatic rings. The molecule has 0 atom stereocenters. The van der Waals surface area contributed by atoms with Crippen LogP contribution in [-0.2, 0) is 13.0 Å². The van der Waals surface area contributed by atoms with Crippen molar-refractivity contribution in [3.8, 4) is 0 Å². The van der Waals surface area contributed by atoms with Crippen LogP contribution >= 0.6 is 11.3 Å². The standard InChI is InChI=1S/C14H25N3S/c1-2-15-11-13-12-16-14(18-13)7-10-17-8-5-3-4-6-9-17/h12,15H,2-11H2,1H3. The van der Waals surface area contributed by atoms with Crippen molar-refractivity contribution >= 4 is 11.3 Å². The Morgan fingerprint density at radius 2 is 2.06 bits per heavy atom. The van der Waals surface area contributed by atoms with Gasteiger partial charge in [-0.2, -0.15) is 0 Å². The average Bonchev–Trinajstić information content (AvgIpc) is 2.68. The van der Waals surface area contributed by atoms with Crippen LogP contribution in [0, 0.1) is 0 Å². The molecule has 3 nitrogen and oxygen atoms in total. The first-order valence-corrected chi connectivity index (χ1v) is 8.07. The van der Waals surface area contributed by atoms with Crippen molar-refractivity contribution in [2.45, 2.75) is 45.6 Å². The van der Waals surface area contributed by atoms with E-state index in [0.29, 0.717) is 0 Å². The number of rotatable bonds is 6. The van der Waals surface area contributed by atoms with Gasteiger partial charge in [0.1, 0.15) is 0 Å². The van der Waals surface area contributed by atoms with E-state index in [4.69, 9.17) is 0 Å². The second-order valence-corrected chi connectivity index (χ2v) is 6.21. The van der Waals surface area contributed by atoms with E-state index in [1.165, 1.54) is 55.2 Å². The molecule has 0 saturated carbocycles. The van der Waals surface area contributed by atoms with Crippen LogP contribution in [0.2, 0.25) is 0 Å². The normalized spacial score (nSPS) is 17.8. The molecule has 0 spiro atoms. The Kier molecular flexibility index (Phi) is 6.11. The molecule has 1 N–H and O–H groups in total. The van der Waals surface area contributed by atoms with E-state index >= 15 is 0 Å². The molecule has 2 heterocycles. The number of likely N-dealkylation sites (tertiary alicyclic amines) is 1. The van der Waals surface area contributed by atoms with Crippen molar-refractivity contribution in [1.29, 1.82) is 0 Å². The summed E-state index contributed by atoms with van der Waals surface area (Å²) in [5.41, 5.74) is 0. The molecule has 0 aliphatic carbocycles. The summed E-state index contributed by atoms with van der Waals surface area (Å²) in [4.78, 5) is 8.50. The molecule has 1 fully saturated rings. The number of nitrogens with one attached hydrogen (secondary N) is 1. The summed E-state index contributed by atoms with van der Waals surface area (Å²) >= 11 is 1.87. The summed E-state index contributed by atoms with van der Waals surface area (Å²) < 4.78 is 0. The molecule has 0 radical (unpaired) electrons. The van der Waals surface area contributed by atoms with Crippen LogP contribution in [0.3, 0.4) is 0 Å². The van der Waals surface area contributed by atoms with E-state index in [1.54, 1.807) is 0 Å². The van der Waals surface area contributed by atoms with Gasteiger partial charge < -0.3 is 10.2 Å². The van der Waals surface area contributed by atoms with E-state index in [2.05, 4.69) is 22.1 Å². The molecule has 0 aromatic carbocycles. The second-order valence-electron chi connectivity index (χ2n) is 5.01. The van der Waals surface area contributed by atoms with Gasteiger partial charge in [-0.3, -0.25) is 0 Å². The molecule has 0 unspecified atom stereocenters. The molecule has 102 valence electrons. The zero-order valence-corrected chi connectivity index (χ0v) is 12.3. The van der Waals surface area contributed by atoms with Gasteiger partial charge in [-0.15, -0.1) is 11.3 Å². The lowest BCUT2D eigenvalue weighted by Gasteiger charge is -2.18.